The molecule has 0 radical (unpaired) electrons. The fourth-order valence-electron chi connectivity index (χ4n) is 4.56. The van der Waals surface area contributed by atoms with E-state index in [1.807, 2.05) is 111 Å². The average Bonchev–Trinajstić information content (AvgIpc) is 3.03. The fraction of sp³-hybridized carbons (Fsp3) is 0.105. The Bertz CT molecular complexity index is 1670. The van der Waals surface area contributed by atoms with Gasteiger partial charge < -0.3 is 21.3 Å². The summed E-state index contributed by atoms with van der Waals surface area (Å²) in [5.41, 5.74) is 10.8. The van der Waals surface area contributed by atoms with Gasteiger partial charge in [0, 0.05) is 35.1 Å². The van der Waals surface area contributed by atoms with Gasteiger partial charge in [-0.1, -0.05) is 72.8 Å². The first-order valence-electron chi connectivity index (χ1n) is 14.7. The molecule has 220 valence electrons. The molecule has 0 amide bonds. The molecule has 0 atom stereocenters. The number of pyridine rings is 2. The number of aryl methyl sites for hydroxylation is 4. The van der Waals surface area contributed by atoms with E-state index in [2.05, 4.69) is 81.5 Å². The molecule has 44 heavy (non-hydrogen) atoms. The van der Waals surface area contributed by atoms with E-state index in [0.717, 1.165) is 56.9 Å². The van der Waals surface area contributed by atoms with Crippen molar-refractivity contribution in [2.45, 2.75) is 27.7 Å². The van der Waals surface area contributed by atoms with Crippen LogP contribution < -0.4 is 21.3 Å². The summed E-state index contributed by atoms with van der Waals surface area (Å²) in [6, 6.07) is 40.8. The summed E-state index contributed by atoms with van der Waals surface area (Å²) in [6.45, 7) is 8.27. The Labute approximate surface area is 260 Å². The van der Waals surface area contributed by atoms with Gasteiger partial charge in [0.05, 0.1) is 11.4 Å². The molecule has 0 bridgehead atoms. The lowest BCUT2D eigenvalue weighted by Gasteiger charge is -2.15. The number of aromatic nitrogens is 2. The highest BCUT2D eigenvalue weighted by molar-refractivity contribution is 5.77. The van der Waals surface area contributed by atoms with Crippen molar-refractivity contribution in [3.8, 4) is 0 Å². The Morgan fingerprint density at radius 2 is 0.750 bits per heavy atom. The molecule has 0 saturated carbocycles. The van der Waals surface area contributed by atoms with Crippen molar-refractivity contribution >= 4 is 45.8 Å². The number of nitrogens with zero attached hydrogens (tertiary/aromatic N) is 2. The van der Waals surface area contributed by atoms with Crippen LogP contribution in [-0.2, 0) is 0 Å². The number of hydrogen-bond acceptors (Lipinski definition) is 6. The van der Waals surface area contributed by atoms with E-state index in [-0.39, 0.29) is 0 Å². The summed E-state index contributed by atoms with van der Waals surface area (Å²) in [5, 5.41) is 13.7. The molecular formula is C38H38N6. The third kappa shape index (κ3) is 8.23. The van der Waals surface area contributed by atoms with Crippen LogP contribution in [0.2, 0.25) is 0 Å². The van der Waals surface area contributed by atoms with Crippen LogP contribution in [0.1, 0.15) is 22.3 Å². The minimum absolute atomic E-state index is 0.819. The molecule has 0 aliphatic carbocycles. The van der Waals surface area contributed by atoms with E-state index in [1.54, 1.807) is 0 Å². The van der Waals surface area contributed by atoms with Crippen LogP contribution in [-0.4, -0.2) is 9.97 Å². The molecular weight excluding hydrogens is 540 g/mol. The predicted octanol–water partition coefficient (Wildman–Crippen LogP) is 10.4. The SMILES string of the molecule is Cc1cnc(Nc2ccccc2)c(Nc2ccccc2C)c1.Cc1cnc(Nc2ccccc2)c(Nc2ccccc2C)c1. The largest absolute Gasteiger partial charge is 0.352 e. The highest BCUT2D eigenvalue weighted by Gasteiger charge is 2.08. The second-order valence-corrected chi connectivity index (χ2v) is 10.7. The predicted molar refractivity (Wildman–Crippen MR) is 186 cm³/mol. The second kappa shape index (κ2) is 14.5. The van der Waals surface area contributed by atoms with Gasteiger partial charge in [0.25, 0.3) is 0 Å². The molecule has 0 unspecified atom stereocenters. The van der Waals surface area contributed by atoms with Gasteiger partial charge in [-0.25, -0.2) is 9.97 Å². The average molecular weight is 579 g/mol. The number of anilines is 8. The van der Waals surface area contributed by atoms with Crippen molar-refractivity contribution in [3.63, 3.8) is 0 Å². The maximum absolute atomic E-state index is 4.53. The Hall–Kier alpha value is -5.62. The zero-order chi connectivity index (χ0) is 30.7. The van der Waals surface area contributed by atoms with Gasteiger partial charge in [0.1, 0.15) is 0 Å². The van der Waals surface area contributed by atoms with Crippen LogP contribution in [0.15, 0.2) is 134 Å². The Balaban J connectivity index is 0.000000175. The molecule has 0 aliphatic rings. The molecule has 6 aromatic rings. The standard InChI is InChI=1S/2C19H19N3/c2*1-14-12-18(22-17-11-7-6-8-15(17)2)19(20-13-14)21-16-9-4-3-5-10-16/h2*3-13,22H,1-2H3,(H,20,21). The lowest BCUT2D eigenvalue weighted by atomic mass is 10.2. The van der Waals surface area contributed by atoms with E-state index in [9.17, 15) is 0 Å². The monoisotopic (exact) mass is 578 g/mol. The summed E-state index contributed by atoms with van der Waals surface area (Å²) in [5.74, 6) is 1.64. The summed E-state index contributed by atoms with van der Waals surface area (Å²) in [7, 11) is 0. The highest BCUT2D eigenvalue weighted by atomic mass is 15.1. The Morgan fingerprint density at radius 3 is 1.14 bits per heavy atom. The van der Waals surface area contributed by atoms with Gasteiger partial charge in [-0.3, -0.25) is 0 Å². The van der Waals surface area contributed by atoms with E-state index in [0.29, 0.717) is 0 Å². The highest BCUT2D eigenvalue weighted by Crippen LogP contribution is 2.30. The molecule has 0 fully saturated rings. The van der Waals surface area contributed by atoms with Crippen LogP contribution in [0, 0.1) is 27.7 Å². The summed E-state index contributed by atoms with van der Waals surface area (Å²) in [6.07, 6.45) is 3.74. The molecule has 6 rings (SSSR count). The Morgan fingerprint density at radius 1 is 0.386 bits per heavy atom. The topological polar surface area (TPSA) is 73.9 Å². The van der Waals surface area contributed by atoms with E-state index < -0.39 is 0 Å². The third-order valence-corrected chi connectivity index (χ3v) is 6.95. The van der Waals surface area contributed by atoms with Crippen LogP contribution in [0.5, 0.6) is 0 Å². The summed E-state index contributed by atoms with van der Waals surface area (Å²) < 4.78 is 0. The van der Waals surface area contributed by atoms with Crippen molar-refractivity contribution in [3.05, 3.63) is 156 Å². The van der Waals surface area contributed by atoms with Crippen molar-refractivity contribution in [2.75, 3.05) is 21.3 Å². The number of hydrogen-bond donors (Lipinski definition) is 4. The molecule has 4 N–H and O–H groups in total. The Kier molecular flexibility index (Phi) is 9.85. The second-order valence-electron chi connectivity index (χ2n) is 10.7. The van der Waals surface area contributed by atoms with Crippen molar-refractivity contribution < 1.29 is 0 Å². The van der Waals surface area contributed by atoms with E-state index >= 15 is 0 Å². The van der Waals surface area contributed by atoms with Crippen LogP contribution in [0.25, 0.3) is 0 Å². The van der Waals surface area contributed by atoms with Gasteiger partial charge in [-0.05, 0) is 98.5 Å². The molecule has 2 aromatic heterocycles. The lowest BCUT2D eigenvalue weighted by molar-refractivity contribution is 1.25. The summed E-state index contributed by atoms with van der Waals surface area (Å²) in [4.78, 5) is 9.05. The van der Waals surface area contributed by atoms with Crippen molar-refractivity contribution in [2.24, 2.45) is 0 Å². The van der Waals surface area contributed by atoms with Crippen molar-refractivity contribution in [1.29, 1.82) is 0 Å². The van der Waals surface area contributed by atoms with E-state index in [1.165, 1.54) is 11.1 Å². The molecule has 0 spiro atoms. The van der Waals surface area contributed by atoms with Crippen LogP contribution >= 0.6 is 0 Å². The van der Waals surface area contributed by atoms with Gasteiger partial charge in [0.2, 0.25) is 0 Å². The first kappa shape index (κ1) is 29.9. The van der Waals surface area contributed by atoms with Crippen LogP contribution in [0.4, 0.5) is 45.8 Å². The summed E-state index contributed by atoms with van der Waals surface area (Å²) >= 11 is 0. The molecule has 4 aromatic carbocycles. The van der Waals surface area contributed by atoms with Gasteiger partial charge in [-0.2, -0.15) is 0 Å². The maximum Gasteiger partial charge on any atom is 0.154 e. The lowest BCUT2D eigenvalue weighted by Crippen LogP contribution is -2.01. The van der Waals surface area contributed by atoms with E-state index in [4.69, 9.17) is 0 Å². The molecule has 6 nitrogen and oxygen atoms in total. The molecule has 0 saturated heterocycles. The quantitative estimate of drug-likeness (QED) is 0.144. The first-order valence-corrected chi connectivity index (χ1v) is 14.7. The third-order valence-electron chi connectivity index (χ3n) is 6.95. The zero-order valence-corrected chi connectivity index (χ0v) is 25.6. The number of rotatable bonds is 8. The minimum atomic E-state index is 0.819. The maximum atomic E-state index is 4.53. The normalized spacial score (nSPS) is 10.3. The number of nitrogens with one attached hydrogen (secondary N) is 4. The molecule has 6 heteroatoms. The zero-order valence-electron chi connectivity index (χ0n) is 25.6. The molecule has 0 aliphatic heterocycles. The number of para-hydroxylation sites is 4. The van der Waals surface area contributed by atoms with Gasteiger partial charge in [-0.15, -0.1) is 0 Å². The minimum Gasteiger partial charge on any atom is -0.352 e. The number of benzene rings is 4. The smallest absolute Gasteiger partial charge is 0.154 e. The van der Waals surface area contributed by atoms with Crippen LogP contribution in [0.3, 0.4) is 0 Å². The van der Waals surface area contributed by atoms with Gasteiger partial charge in [0.15, 0.2) is 11.6 Å². The fourth-order valence-corrected chi connectivity index (χ4v) is 4.56. The first-order chi connectivity index (χ1) is 21.4. The van der Waals surface area contributed by atoms with Crippen molar-refractivity contribution in [1.82, 2.24) is 9.97 Å². The molecule has 2 heterocycles. The van der Waals surface area contributed by atoms with Gasteiger partial charge >= 0.3 is 0 Å².